The average Bonchev–Trinajstić information content (AvgIpc) is 3.25. The van der Waals surface area contributed by atoms with Crippen LogP contribution in [0.25, 0.3) is 0 Å². The first-order valence-electron chi connectivity index (χ1n) is 7.15. The molecule has 1 aromatic carbocycles. The second-order valence-electron chi connectivity index (χ2n) is 5.24. The van der Waals surface area contributed by atoms with Crippen molar-refractivity contribution < 1.29 is 0 Å². The van der Waals surface area contributed by atoms with E-state index in [4.69, 9.17) is 11.6 Å². The summed E-state index contributed by atoms with van der Waals surface area (Å²) in [5.74, 6) is 2.16. The molecule has 1 heterocycles. The molecule has 1 saturated carbocycles. The van der Waals surface area contributed by atoms with E-state index in [1.807, 2.05) is 6.07 Å². The molecule has 0 spiro atoms. The second kappa shape index (κ2) is 5.80. The summed E-state index contributed by atoms with van der Waals surface area (Å²) in [6.07, 6.45) is 4.52. The monoisotopic (exact) mass is 287 g/mol. The van der Waals surface area contributed by atoms with Gasteiger partial charge in [-0.15, -0.1) is 0 Å². The van der Waals surface area contributed by atoms with Gasteiger partial charge in [0.15, 0.2) is 0 Å². The van der Waals surface area contributed by atoms with E-state index in [9.17, 15) is 0 Å². The van der Waals surface area contributed by atoms with Crippen molar-refractivity contribution in [2.24, 2.45) is 0 Å². The first-order valence-corrected chi connectivity index (χ1v) is 7.53. The lowest BCUT2D eigenvalue weighted by atomic mass is 10.1. The zero-order valence-electron chi connectivity index (χ0n) is 11.6. The Labute approximate surface area is 124 Å². The molecule has 1 N–H and O–H groups in total. The van der Waals surface area contributed by atoms with Crippen LogP contribution in [0.2, 0.25) is 5.15 Å². The van der Waals surface area contributed by atoms with Gasteiger partial charge in [-0.1, -0.05) is 43.1 Å². The van der Waals surface area contributed by atoms with Crippen LogP contribution in [-0.4, -0.2) is 9.97 Å². The van der Waals surface area contributed by atoms with Crippen LogP contribution < -0.4 is 5.32 Å². The Hall–Kier alpha value is -1.61. The van der Waals surface area contributed by atoms with Gasteiger partial charge in [0.1, 0.15) is 16.8 Å². The smallest absolute Gasteiger partial charge is 0.135 e. The van der Waals surface area contributed by atoms with Crippen molar-refractivity contribution in [1.29, 1.82) is 0 Å². The van der Waals surface area contributed by atoms with E-state index in [-0.39, 0.29) is 0 Å². The summed E-state index contributed by atoms with van der Waals surface area (Å²) in [5, 5.41) is 3.90. The van der Waals surface area contributed by atoms with Crippen molar-refractivity contribution >= 4 is 23.1 Å². The number of anilines is 2. The molecule has 0 radical (unpaired) electrons. The number of benzene rings is 1. The molecule has 3 nitrogen and oxygen atoms in total. The molecule has 1 fully saturated rings. The molecule has 0 unspecified atom stereocenters. The molecule has 0 aliphatic heterocycles. The molecule has 4 heteroatoms. The van der Waals surface area contributed by atoms with Crippen molar-refractivity contribution in [2.75, 3.05) is 5.32 Å². The predicted octanol–water partition coefficient (Wildman–Crippen LogP) is 4.70. The molecule has 1 aliphatic carbocycles. The molecular weight excluding hydrogens is 270 g/mol. The van der Waals surface area contributed by atoms with Crippen molar-refractivity contribution in [3.8, 4) is 0 Å². The summed E-state index contributed by atoms with van der Waals surface area (Å²) in [6, 6.07) is 10.1. The highest BCUT2D eigenvalue weighted by Crippen LogP contribution is 2.39. The highest BCUT2D eigenvalue weighted by atomic mass is 35.5. The lowest BCUT2D eigenvalue weighted by molar-refractivity contribution is 0.918. The minimum absolute atomic E-state index is 0.500. The predicted molar refractivity (Wildman–Crippen MR) is 82.7 cm³/mol. The van der Waals surface area contributed by atoms with E-state index in [1.165, 1.54) is 18.4 Å². The van der Waals surface area contributed by atoms with Gasteiger partial charge in [0.2, 0.25) is 0 Å². The van der Waals surface area contributed by atoms with Gasteiger partial charge in [0, 0.05) is 17.7 Å². The summed E-state index contributed by atoms with van der Waals surface area (Å²) < 4.78 is 0. The van der Waals surface area contributed by atoms with Crippen LogP contribution in [0.5, 0.6) is 0 Å². The van der Waals surface area contributed by atoms with Crippen LogP contribution >= 0.6 is 11.6 Å². The van der Waals surface area contributed by atoms with Crippen LogP contribution in [0.15, 0.2) is 30.3 Å². The van der Waals surface area contributed by atoms with E-state index in [0.29, 0.717) is 11.1 Å². The highest BCUT2D eigenvalue weighted by Gasteiger charge is 2.27. The number of halogens is 1. The van der Waals surface area contributed by atoms with E-state index < -0.39 is 0 Å². The van der Waals surface area contributed by atoms with E-state index in [2.05, 4.69) is 40.4 Å². The molecule has 3 rings (SSSR count). The minimum atomic E-state index is 0.500. The molecule has 0 saturated heterocycles. The van der Waals surface area contributed by atoms with Gasteiger partial charge in [-0.05, 0) is 30.9 Å². The Morgan fingerprint density at radius 1 is 1.25 bits per heavy atom. The third kappa shape index (κ3) is 3.10. The Kier molecular flexibility index (Phi) is 3.88. The quantitative estimate of drug-likeness (QED) is 0.810. The van der Waals surface area contributed by atoms with Gasteiger partial charge in [-0.2, -0.15) is 0 Å². The molecule has 20 heavy (non-hydrogen) atoms. The normalized spacial score (nSPS) is 14.3. The van der Waals surface area contributed by atoms with Crippen molar-refractivity contribution in [1.82, 2.24) is 9.97 Å². The molecule has 0 atom stereocenters. The zero-order chi connectivity index (χ0) is 13.9. The number of rotatable bonds is 5. The maximum Gasteiger partial charge on any atom is 0.135 e. The van der Waals surface area contributed by atoms with Crippen molar-refractivity contribution in [2.45, 2.75) is 38.5 Å². The molecular formula is C16H18ClN3. The third-order valence-corrected chi connectivity index (χ3v) is 3.65. The van der Waals surface area contributed by atoms with Crippen molar-refractivity contribution in [3.05, 3.63) is 46.9 Å². The van der Waals surface area contributed by atoms with Gasteiger partial charge < -0.3 is 5.32 Å². The van der Waals surface area contributed by atoms with Crippen molar-refractivity contribution in [3.63, 3.8) is 0 Å². The van der Waals surface area contributed by atoms with Crippen LogP contribution in [0.3, 0.4) is 0 Å². The standard InChI is InChI=1S/C16H18ClN3/c1-2-5-11-6-3-4-7-13(11)18-15-10-14(17)19-16(20-15)12-8-9-12/h3-4,6-7,10,12H,2,5,8-9H2,1H3,(H,18,19,20). The fraction of sp³-hybridized carbons (Fsp3) is 0.375. The first-order chi connectivity index (χ1) is 9.76. The molecule has 2 aromatic rings. The molecule has 1 aromatic heterocycles. The Balaban J connectivity index is 1.87. The topological polar surface area (TPSA) is 37.8 Å². The number of aryl methyl sites for hydroxylation is 1. The van der Waals surface area contributed by atoms with E-state index in [0.717, 1.165) is 30.2 Å². The Morgan fingerprint density at radius 2 is 2.05 bits per heavy atom. The van der Waals surface area contributed by atoms with Gasteiger partial charge in [0.25, 0.3) is 0 Å². The molecule has 104 valence electrons. The van der Waals surface area contributed by atoms with E-state index >= 15 is 0 Å². The molecule has 0 amide bonds. The number of nitrogens with one attached hydrogen (secondary N) is 1. The number of nitrogens with zero attached hydrogens (tertiary/aromatic N) is 2. The lowest BCUT2D eigenvalue weighted by Gasteiger charge is -2.11. The largest absolute Gasteiger partial charge is 0.340 e. The number of hydrogen-bond donors (Lipinski definition) is 1. The van der Waals surface area contributed by atoms with Gasteiger partial charge >= 0.3 is 0 Å². The van der Waals surface area contributed by atoms with Crippen LogP contribution in [0.4, 0.5) is 11.5 Å². The molecule has 0 bridgehead atoms. The first kappa shape index (κ1) is 13.4. The third-order valence-electron chi connectivity index (χ3n) is 3.45. The summed E-state index contributed by atoms with van der Waals surface area (Å²) in [7, 11) is 0. The highest BCUT2D eigenvalue weighted by molar-refractivity contribution is 6.29. The lowest BCUT2D eigenvalue weighted by Crippen LogP contribution is -2.01. The maximum absolute atomic E-state index is 6.10. The van der Waals surface area contributed by atoms with Gasteiger partial charge in [-0.3, -0.25) is 0 Å². The number of hydrogen-bond acceptors (Lipinski definition) is 3. The summed E-state index contributed by atoms with van der Waals surface area (Å²) in [6.45, 7) is 2.18. The SMILES string of the molecule is CCCc1ccccc1Nc1cc(Cl)nc(C2CC2)n1. The number of para-hydroxylation sites is 1. The number of aromatic nitrogens is 2. The van der Waals surface area contributed by atoms with Gasteiger partial charge in [0.05, 0.1) is 0 Å². The van der Waals surface area contributed by atoms with E-state index in [1.54, 1.807) is 6.07 Å². The summed E-state index contributed by atoms with van der Waals surface area (Å²) in [4.78, 5) is 8.90. The Morgan fingerprint density at radius 3 is 2.80 bits per heavy atom. The van der Waals surface area contributed by atoms with Crippen LogP contribution in [0.1, 0.15) is 43.5 Å². The van der Waals surface area contributed by atoms with Crippen LogP contribution in [0, 0.1) is 0 Å². The average molecular weight is 288 g/mol. The molecule has 1 aliphatic rings. The fourth-order valence-corrected chi connectivity index (χ4v) is 2.48. The summed E-state index contributed by atoms with van der Waals surface area (Å²) in [5.41, 5.74) is 2.41. The van der Waals surface area contributed by atoms with Gasteiger partial charge in [-0.25, -0.2) is 9.97 Å². The second-order valence-corrected chi connectivity index (χ2v) is 5.63. The Bertz CT molecular complexity index is 608. The fourth-order valence-electron chi connectivity index (χ4n) is 2.29. The maximum atomic E-state index is 6.10. The zero-order valence-corrected chi connectivity index (χ0v) is 12.3. The van der Waals surface area contributed by atoms with Crippen LogP contribution in [-0.2, 0) is 6.42 Å². The summed E-state index contributed by atoms with van der Waals surface area (Å²) >= 11 is 6.10. The minimum Gasteiger partial charge on any atom is -0.340 e.